The van der Waals surface area contributed by atoms with E-state index in [4.69, 9.17) is 0 Å². The maximum atomic E-state index is 3.53. The van der Waals surface area contributed by atoms with Gasteiger partial charge in [0.15, 0.2) is 0 Å². The summed E-state index contributed by atoms with van der Waals surface area (Å²) in [5.74, 6) is 0.687. The van der Waals surface area contributed by atoms with Crippen LogP contribution in [0.4, 0.5) is 5.69 Å². The molecule has 0 amide bonds. The van der Waals surface area contributed by atoms with E-state index in [2.05, 4.69) is 41.4 Å². The zero-order valence-corrected chi connectivity index (χ0v) is 10.7. The number of rotatable bonds is 2. The van der Waals surface area contributed by atoms with Gasteiger partial charge in [-0.1, -0.05) is 24.6 Å². The lowest BCUT2D eigenvalue weighted by Crippen LogP contribution is -2.40. The van der Waals surface area contributed by atoms with Crippen molar-refractivity contribution in [3.05, 3.63) is 29.8 Å². The fourth-order valence-corrected chi connectivity index (χ4v) is 3.23. The smallest absolute Gasteiger partial charge is 0.0376 e. The van der Waals surface area contributed by atoms with E-state index in [1.165, 1.54) is 43.6 Å². The zero-order chi connectivity index (χ0) is 11.7. The predicted molar refractivity (Wildman–Crippen MR) is 72.6 cm³/mol. The number of para-hydroxylation sites is 1. The number of fused-ring (bicyclic) bond motifs is 1. The topological polar surface area (TPSA) is 15.3 Å². The van der Waals surface area contributed by atoms with Crippen LogP contribution in [0.1, 0.15) is 37.7 Å². The van der Waals surface area contributed by atoms with Crippen LogP contribution in [0.2, 0.25) is 0 Å². The number of likely N-dealkylation sites (tertiary alicyclic amines) is 1. The molecular formula is C15H22N2. The van der Waals surface area contributed by atoms with Gasteiger partial charge >= 0.3 is 0 Å². The van der Waals surface area contributed by atoms with Crippen molar-refractivity contribution in [1.82, 2.24) is 4.90 Å². The van der Waals surface area contributed by atoms with E-state index in [9.17, 15) is 0 Å². The van der Waals surface area contributed by atoms with E-state index in [1.807, 2.05) is 0 Å². The van der Waals surface area contributed by atoms with Gasteiger partial charge in [-0.3, -0.25) is 4.90 Å². The van der Waals surface area contributed by atoms with E-state index in [-0.39, 0.29) is 0 Å². The SMILES string of the molecule is CC1CCCCN1CC1CNc2ccccc21. The van der Waals surface area contributed by atoms with Crippen molar-refractivity contribution in [2.45, 2.75) is 38.1 Å². The third-order valence-electron chi connectivity index (χ3n) is 4.33. The molecule has 2 heteroatoms. The Morgan fingerprint density at radius 2 is 2.18 bits per heavy atom. The van der Waals surface area contributed by atoms with Crippen LogP contribution in [0, 0.1) is 0 Å². The van der Waals surface area contributed by atoms with Crippen molar-refractivity contribution in [3.63, 3.8) is 0 Å². The molecule has 17 heavy (non-hydrogen) atoms. The van der Waals surface area contributed by atoms with Crippen LogP contribution in [0.15, 0.2) is 24.3 Å². The maximum absolute atomic E-state index is 3.53. The Kier molecular flexibility index (Phi) is 3.06. The number of benzene rings is 1. The Morgan fingerprint density at radius 1 is 1.29 bits per heavy atom. The summed E-state index contributed by atoms with van der Waals surface area (Å²) in [4.78, 5) is 2.68. The van der Waals surface area contributed by atoms with E-state index in [0.717, 1.165) is 12.6 Å². The molecule has 2 nitrogen and oxygen atoms in total. The summed E-state index contributed by atoms with van der Waals surface area (Å²) in [7, 11) is 0. The summed E-state index contributed by atoms with van der Waals surface area (Å²) in [5, 5.41) is 3.53. The fraction of sp³-hybridized carbons (Fsp3) is 0.600. The molecule has 0 saturated carbocycles. The summed E-state index contributed by atoms with van der Waals surface area (Å²) < 4.78 is 0. The summed E-state index contributed by atoms with van der Waals surface area (Å²) in [6.45, 7) is 6.01. The van der Waals surface area contributed by atoms with Gasteiger partial charge < -0.3 is 5.32 Å². The Bertz CT molecular complexity index is 388. The third kappa shape index (κ3) is 2.19. The molecule has 0 bridgehead atoms. The Hall–Kier alpha value is -1.02. The molecule has 92 valence electrons. The van der Waals surface area contributed by atoms with Crippen molar-refractivity contribution >= 4 is 5.69 Å². The van der Waals surface area contributed by atoms with Crippen LogP contribution >= 0.6 is 0 Å². The molecule has 1 aromatic carbocycles. The van der Waals surface area contributed by atoms with Crippen LogP contribution in [0.25, 0.3) is 0 Å². The number of hydrogen-bond acceptors (Lipinski definition) is 2. The minimum atomic E-state index is 0.687. The van der Waals surface area contributed by atoms with Crippen LogP contribution in [0.5, 0.6) is 0 Å². The Balaban J connectivity index is 1.70. The number of piperidine rings is 1. The molecule has 2 aliphatic heterocycles. The summed E-state index contributed by atoms with van der Waals surface area (Å²) in [6, 6.07) is 9.55. The average molecular weight is 230 g/mol. The molecule has 0 radical (unpaired) electrons. The summed E-state index contributed by atoms with van der Waals surface area (Å²) in [5.41, 5.74) is 2.87. The lowest BCUT2D eigenvalue weighted by Gasteiger charge is -2.35. The van der Waals surface area contributed by atoms with Gasteiger partial charge in [0.25, 0.3) is 0 Å². The van der Waals surface area contributed by atoms with Crippen molar-refractivity contribution in [2.75, 3.05) is 25.0 Å². The zero-order valence-electron chi connectivity index (χ0n) is 10.7. The van der Waals surface area contributed by atoms with Crippen molar-refractivity contribution in [2.24, 2.45) is 0 Å². The molecule has 1 fully saturated rings. The second-order valence-corrected chi connectivity index (χ2v) is 5.50. The fourth-order valence-electron chi connectivity index (χ4n) is 3.23. The van der Waals surface area contributed by atoms with E-state index in [0.29, 0.717) is 5.92 Å². The van der Waals surface area contributed by atoms with Gasteiger partial charge in [-0.15, -0.1) is 0 Å². The molecule has 2 aliphatic rings. The van der Waals surface area contributed by atoms with Crippen molar-refractivity contribution in [1.29, 1.82) is 0 Å². The van der Waals surface area contributed by atoms with Crippen molar-refractivity contribution in [3.8, 4) is 0 Å². The highest BCUT2D eigenvalue weighted by atomic mass is 15.2. The first-order chi connectivity index (χ1) is 8.34. The van der Waals surface area contributed by atoms with Crippen LogP contribution in [-0.2, 0) is 0 Å². The van der Waals surface area contributed by atoms with Gasteiger partial charge in [0.2, 0.25) is 0 Å². The molecule has 0 aromatic heterocycles. The van der Waals surface area contributed by atoms with Crippen LogP contribution in [-0.4, -0.2) is 30.6 Å². The first-order valence-electron chi connectivity index (χ1n) is 6.91. The minimum absolute atomic E-state index is 0.687. The molecule has 2 atom stereocenters. The summed E-state index contributed by atoms with van der Waals surface area (Å²) in [6.07, 6.45) is 4.17. The maximum Gasteiger partial charge on any atom is 0.0376 e. The van der Waals surface area contributed by atoms with Gasteiger partial charge in [0.1, 0.15) is 0 Å². The molecule has 1 N–H and O–H groups in total. The molecular weight excluding hydrogens is 208 g/mol. The lowest BCUT2D eigenvalue weighted by atomic mass is 9.97. The van der Waals surface area contributed by atoms with Crippen LogP contribution in [0.3, 0.4) is 0 Å². The number of hydrogen-bond donors (Lipinski definition) is 1. The van der Waals surface area contributed by atoms with E-state index in [1.54, 1.807) is 0 Å². The minimum Gasteiger partial charge on any atom is -0.384 e. The number of anilines is 1. The number of nitrogens with one attached hydrogen (secondary N) is 1. The van der Waals surface area contributed by atoms with E-state index >= 15 is 0 Å². The summed E-state index contributed by atoms with van der Waals surface area (Å²) >= 11 is 0. The highest BCUT2D eigenvalue weighted by Gasteiger charge is 2.26. The van der Waals surface area contributed by atoms with Crippen LogP contribution < -0.4 is 5.32 Å². The second kappa shape index (κ2) is 4.69. The largest absolute Gasteiger partial charge is 0.384 e. The monoisotopic (exact) mass is 230 g/mol. The van der Waals surface area contributed by atoms with Gasteiger partial charge in [-0.25, -0.2) is 0 Å². The standard InChI is InChI=1S/C15H22N2/c1-12-6-4-5-9-17(12)11-13-10-16-15-8-3-2-7-14(13)15/h2-3,7-8,12-13,16H,4-6,9-11H2,1H3. The Morgan fingerprint density at radius 3 is 3.06 bits per heavy atom. The van der Waals surface area contributed by atoms with Gasteiger partial charge in [-0.05, 0) is 37.9 Å². The second-order valence-electron chi connectivity index (χ2n) is 5.50. The highest BCUT2D eigenvalue weighted by Crippen LogP contribution is 2.32. The highest BCUT2D eigenvalue weighted by molar-refractivity contribution is 5.57. The predicted octanol–water partition coefficient (Wildman–Crippen LogP) is 3.07. The van der Waals surface area contributed by atoms with Gasteiger partial charge in [0, 0.05) is 30.7 Å². The number of nitrogens with zero attached hydrogens (tertiary/aromatic N) is 1. The normalized spacial score (nSPS) is 28.8. The quantitative estimate of drug-likeness (QED) is 0.840. The molecule has 2 heterocycles. The van der Waals surface area contributed by atoms with Gasteiger partial charge in [0.05, 0.1) is 0 Å². The first-order valence-corrected chi connectivity index (χ1v) is 6.91. The molecule has 3 rings (SSSR count). The third-order valence-corrected chi connectivity index (χ3v) is 4.33. The lowest BCUT2D eigenvalue weighted by molar-refractivity contribution is 0.153. The first kappa shape index (κ1) is 11.1. The van der Waals surface area contributed by atoms with E-state index < -0.39 is 0 Å². The molecule has 1 aromatic rings. The Labute approximate surface area is 104 Å². The molecule has 0 spiro atoms. The average Bonchev–Trinajstić information content (AvgIpc) is 2.76. The van der Waals surface area contributed by atoms with Crippen molar-refractivity contribution < 1.29 is 0 Å². The van der Waals surface area contributed by atoms with Gasteiger partial charge in [-0.2, -0.15) is 0 Å². The molecule has 0 aliphatic carbocycles. The molecule has 1 saturated heterocycles. The molecule has 2 unspecified atom stereocenters.